The third-order valence-electron chi connectivity index (χ3n) is 1.84. The number of rotatable bonds is 1. The molecule has 0 spiro atoms. The number of cyclic esters (lactones) is 1. The van der Waals surface area contributed by atoms with E-state index >= 15 is 0 Å². The lowest BCUT2D eigenvalue weighted by Crippen LogP contribution is -2.29. The van der Waals surface area contributed by atoms with Gasteiger partial charge in [0, 0.05) is 0 Å². The van der Waals surface area contributed by atoms with Crippen LogP contribution in [0.4, 0.5) is 4.39 Å². The number of esters is 1. The highest BCUT2D eigenvalue weighted by atomic mass is 79.9. The number of hydrogen-bond donors (Lipinski definition) is 1. The first-order valence-corrected chi connectivity index (χ1v) is 3.99. The molecule has 1 heterocycles. The lowest BCUT2D eigenvalue weighted by Gasteiger charge is -2.13. The van der Waals surface area contributed by atoms with Gasteiger partial charge in [-0.15, -0.1) is 0 Å². The number of carbonyl (C=O) groups is 1. The van der Waals surface area contributed by atoms with Crippen LogP contribution in [0.5, 0.6) is 0 Å². The highest BCUT2D eigenvalue weighted by molar-refractivity contribution is 9.10. The fourth-order valence-electron chi connectivity index (χ4n) is 0.933. The molecule has 11 heavy (non-hydrogen) atoms. The van der Waals surface area contributed by atoms with Crippen LogP contribution in [0.25, 0.3) is 0 Å². The Morgan fingerprint density at radius 3 is 2.64 bits per heavy atom. The maximum atomic E-state index is 13.2. The van der Waals surface area contributed by atoms with Crippen molar-refractivity contribution in [3.8, 4) is 0 Å². The Hall–Kier alpha value is -0.160. The Labute approximate surface area is 71.7 Å². The van der Waals surface area contributed by atoms with Gasteiger partial charge in [-0.2, -0.15) is 0 Å². The molecule has 0 aromatic heterocycles. The molecule has 0 saturated carbocycles. The molecule has 1 rings (SSSR count). The summed E-state index contributed by atoms with van der Waals surface area (Å²) in [4.78, 5) is 10.7. The zero-order valence-electron chi connectivity index (χ0n) is 5.88. The van der Waals surface area contributed by atoms with Crippen LogP contribution in [0, 0.1) is 5.92 Å². The van der Waals surface area contributed by atoms with Gasteiger partial charge in [0.1, 0.15) is 6.10 Å². The molecule has 0 bridgehead atoms. The van der Waals surface area contributed by atoms with Gasteiger partial charge in [0.15, 0.2) is 0 Å². The number of carbonyl (C=O) groups excluding carboxylic acids is 1. The normalized spacial score (nSPS) is 44.2. The molecule has 0 unspecified atom stereocenters. The number of halogens is 2. The summed E-state index contributed by atoms with van der Waals surface area (Å²) in [7, 11) is 0. The predicted molar refractivity (Wildman–Crippen MR) is 38.9 cm³/mol. The second-order valence-corrected chi connectivity index (χ2v) is 3.69. The minimum atomic E-state index is -2.12. The summed E-state index contributed by atoms with van der Waals surface area (Å²) in [5.41, 5.74) is 0. The van der Waals surface area contributed by atoms with Crippen molar-refractivity contribution in [3.05, 3.63) is 0 Å². The van der Waals surface area contributed by atoms with Crippen LogP contribution in [0.2, 0.25) is 0 Å². The maximum Gasteiger partial charge on any atom is 0.355 e. The van der Waals surface area contributed by atoms with Crippen molar-refractivity contribution >= 4 is 21.9 Å². The predicted octanol–water partition coefficient (Wildman–Crippen LogP) is 0.601. The van der Waals surface area contributed by atoms with Gasteiger partial charge in [0.05, 0.1) is 12.5 Å². The summed E-state index contributed by atoms with van der Waals surface area (Å²) in [5, 5.41) is 8.62. The van der Waals surface area contributed by atoms with E-state index in [9.17, 15) is 9.18 Å². The van der Waals surface area contributed by atoms with E-state index in [2.05, 4.69) is 20.7 Å². The van der Waals surface area contributed by atoms with Crippen molar-refractivity contribution in [1.82, 2.24) is 0 Å². The van der Waals surface area contributed by atoms with Gasteiger partial charge in [-0.25, -0.2) is 9.18 Å². The molecule has 1 saturated heterocycles. The zero-order valence-corrected chi connectivity index (χ0v) is 7.47. The average Bonchev–Trinajstić information content (AvgIpc) is 2.14. The van der Waals surface area contributed by atoms with E-state index in [-0.39, 0.29) is 6.61 Å². The second-order valence-electron chi connectivity index (χ2n) is 2.54. The molecule has 1 aliphatic heterocycles. The second kappa shape index (κ2) is 2.71. The number of ether oxygens (including phenoxy) is 1. The number of hydrogen-bond acceptors (Lipinski definition) is 3. The van der Waals surface area contributed by atoms with E-state index in [0.717, 1.165) is 0 Å². The molecule has 1 fully saturated rings. The Morgan fingerprint density at radius 1 is 1.91 bits per heavy atom. The Balaban J connectivity index is 2.80. The molecule has 1 N–H and O–H groups in total. The maximum absolute atomic E-state index is 13.2. The Bertz CT molecular complexity index is 183. The molecule has 0 aromatic carbocycles. The van der Waals surface area contributed by atoms with Gasteiger partial charge in [-0.1, -0.05) is 6.92 Å². The minimum Gasteiger partial charge on any atom is -0.456 e. The highest BCUT2D eigenvalue weighted by Crippen LogP contribution is 2.40. The summed E-state index contributed by atoms with van der Waals surface area (Å²) in [6.07, 6.45) is -0.730. The van der Waals surface area contributed by atoms with Crippen LogP contribution in [0.1, 0.15) is 6.92 Å². The van der Waals surface area contributed by atoms with Gasteiger partial charge in [0.25, 0.3) is 4.58 Å². The summed E-state index contributed by atoms with van der Waals surface area (Å²) in [6, 6.07) is 0. The largest absolute Gasteiger partial charge is 0.456 e. The van der Waals surface area contributed by atoms with Gasteiger partial charge in [-0.05, 0) is 15.9 Å². The minimum absolute atomic E-state index is 0.343. The number of aliphatic hydroxyl groups excluding tert-OH is 1. The topological polar surface area (TPSA) is 46.5 Å². The van der Waals surface area contributed by atoms with E-state index in [1.165, 1.54) is 6.92 Å². The van der Waals surface area contributed by atoms with Crippen molar-refractivity contribution < 1.29 is 19.0 Å². The van der Waals surface area contributed by atoms with Crippen LogP contribution in [0.15, 0.2) is 0 Å². The molecule has 1 aliphatic rings. The first-order valence-electron chi connectivity index (χ1n) is 3.20. The zero-order chi connectivity index (χ0) is 8.65. The van der Waals surface area contributed by atoms with Crippen molar-refractivity contribution in [3.63, 3.8) is 0 Å². The van der Waals surface area contributed by atoms with Crippen molar-refractivity contribution in [1.29, 1.82) is 0 Å². The third-order valence-corrected chi connectivity index (χ3v) is 2.89. The molecule has 3 atom stereocenters. The van der Waals surface area contributed by atoms with Crippen molar-refractivity contribution in [2.75, 3.05) is 6.61 Å². The molecule has 0 amide bonds. The van der Waals surface area contributed by atoms with E-state index in [1.54, 1.807) is 0 Å². The van der Waals surface area contributed by atoms with Gasteiger partial charge in [0.2, 0.25) is 0 Å². The SMILES string of the molecule is C[C@@H]1[C@@H](CO)OC(=O)[C@@]1(F)Br. The molecular formula is C6H8BrFO3. The van der Waals surface area contributed by atoms with Crippen LogP contribution in [0.3, 0.4) is 0 Å². The summed E-state index contributed by atoms with van der Waals surface area (Å²) >= 11 is 2.60. The molecule has 0 radical (unpaired) electrons. The molecule has 0 aliphatic carbocycles. The van der Waals surface area contributed by atoms with Gasteiger partial charge >= 0.3 is 5.97 Å². The lowest BCUT2D eigenvalue weighted by atomic mass is 10.0. The van der Waals surface area contributed by atoms with Crippen molar-refractivity contribution in [2.24, 2.45) is 5.92 Å². The fraction of sp³-hybridized carbons (Fsp3) is 0.833. The fourth-order valence-corrected chi connectivity index (χ4v) is 1.32. The Kier molecular flexibility index (Phi) is 2.20. The monoisotopic (exact) mass is 226 g/mol. The molecule has 3 nitrogen and oxygen atoms in total. The first-order chi connectivity index (χ1) is 5.00. The van der Waals surface area contributed by atoms with E-state index in [0.29, 0.717) is 0 Å². The Morgan fingerprint density at radius 2 is 2.45 bits per heavy atom. The third kappa shape index (κ3) is 1.27. The quantitative estimate of drug-likeness (QED) is 0.527. The van der Waals surface area contributed by atoms with E-state index < -0.39 is 22.6 Å². The molecule has 5 heteroatoms. The van der Waals surface area contributed by atoms with Crippen LogP contribution in [-0.2, 0) is 9.53 Å². The van der Waals surface area contributed by atoms with Gasteiger partial charge < -0.3 is 9.84 Å². The van der Waals surface area contributed by atoms with Crippen molar-refractivity contribution in [2.45, 2.75) is 17.6 Å². The highest BCUT2D eigenvalue weighted by Gasteiger charge is 2.54. The number of aliphatic hydroxyl groups is 1. The first kappa shape index (κ1) is 8.93. The van der Waals surface area contributed by atoms with Crippen LogP contribution in [-0.4, -0.2) is 28.4 Å². The standard InChI is InChI=1S/C6H8BrFO3/c1-3-4(2-9)11-5(10)6(3,7)8/h3-4,9H,2H2,1H3/t3-,4-,6-/m1/s1. The van der Waals surface area contributed by atoms with Crippen LogP contribution >= 0.6 is 15.9 Å². The smallest absolute Gasteiger partial charge is 0.355 e. The van der Waals surface area contributed by atoms with Gasteiger partial charge in [-0.3, -0.25) is 0 Å². The van der Waals surface area contributed by atoms with E-state index in [4.69, 9.17) is 5.11 Å². The van der Waals surface area contributed by atoms with Crippen LogP contribution < -0.4 is 0 Å². The number of alkyl halides is 2. The van der Waals surface area contributed by atoms with E-state index in [1.807, 2.05) is 0 Å². The lowest BCUT2D eigenvalue weighted by molar-refractivity contribution is -0.147. The molecule has 0 aromatic rings. The molecule has 64 valence electrons. The summed E-state index contributed by atoms with van der Waals surface area (Å²) in [6.45, 7) is 1.16. The molecular weight excluding hydrogens is 219 g/mol. The summed E-state index contributed by atoms with van der Waals surface area (Å²) in [5.74, 6) is -1.61. The average molecular weight is 227 g/mol. The summed E-state index contributed by atoms with van der Waals surface area (Å²) < 4.78 is 15.6.